The van der Waals surface area contributed by atoms with E-state index in [2.05, 4.69) is 10.3 Å². The number of benzene rings is 1. The molecule has 20 heavy (non-hydrogen) atoms. The molecule has 0 saturated heterocycles. The van der Waals surface area contributed by atoms with E-state index in [1.54, 1.807) is 0 Å². The number of carbonyl (C=O) groups is 1. The first-order valence-electron chi connectivity index (χ1n) is 5.36. The van der Waals surface area contributed by atoms with Crippen LogP contribution in [-0.4, -0.2) is 10.9 Å². The predicted molar refractivity (Wildman–Crippen MR) is 66.8 cm³/mol. The van der Waals surface area contributed by atoms with Crippen molar-refractivity contribution < 1.29 is 18.0 Å². The van der Waals surface area contributed by atoms with Crippen molar-refractivity contribution >= 4 is 23.1 Å². The molecule has 0 bridgehead atoms. The number of anilines is 3. The van der Waals surface area contributed by atoms with Crippen LogP contribution in [0.15, 0.2) is 24.4 Å². The molecule has 0 fully saturated rings. The SMILES string of the molecule is NC(=O)c1cc(Nc2ccc(F)c(F)c2F)ncc1N. The van der Waals surface area contributed by atoms with Crippen molar-refractivity contribution in [1.29, 1.82) is 0 Å². The third-order valence-corrected chi connectivity index (χ3v) is 2.50. The first-order chi connectivity index (χ1) is 9.40. The van der Waals surface area contributed by atoms with Crippen LogP contribution in [0.3, 0.4) is 0 Å². The van der Waals surface area contributed by atoms with Gasteiger partial charge in [0.05, 0.1) is 23.1 Å². The number of carbonyl (C=O) groups excluding carboxylic acids is 1. The second-order valence-corrected chi connectivity index (χ2v) is 3.87. The minimum atomic E-state index is -1.61. The molecule has 5 nitrogen and oxygen atoms in total. The van der Waals surface area contributed by atoms with Crippen molar-refractivity contribution in [2.45, 2.75) is 0 Å². The Morgan fingerprint density at radius 3 is 2.55 bits per heavy atom. The zero-order chi connectivity index (χ0) is 14.9. The van der Waals surface area contributed by atoms with Gasteiger partial charge < -0.3 is 16.8 Å². The molecule has 5 N–H and O–H groups in total. The Hall–Kier alpha value is -2.77. The molecule has 8 heteroatoms. The van der Waals surface area contributed by atoms with Crippen molar-refractivity contribution in [3.05, 3.63) is 47.4 Å². The number of halogens is 3. The van der Waals surface area contributed by atoms with E-state index >= 15 is 0 Å². The summed E-state index contributed by atoms with van der Waals surface area (Å²) < 4.78 is 39.3. The summed E-state index contributed by atoms with van der Waals surface area (Å²) in [5, 5.41) is 2.41. The molecule has 2 aromatic rings. The molecule has 104 valence electrons. The molecule has 0 aliphatic heterocycles. The summed E-state index contributed by atoms with van der Waals surface area (Å²) in [6.45, 7) is 0. The van der Waals surface area contributed by atoms with Crippen LogP contribution in [0.2, 0.25) is 0 Å². The Morgan fingerprint density at radius 1 is 1.20 bits per heavy atom. The topological polar surface area (TPSA) is 94.0 Å². The van der Waals surface area contributed by atoms with Crippen LogP contribution in [0, 0.1) is 17.5 Å². The molecule has 0 aliphatic carbocycles. The molecule has 1 amide bonds. The minimum Gasteiger partial charge on any atom is -0.397 e. The Labute approximate surface area is 111 Å². The summed E-state index contributed by atoms with van der Waals surface area (Å²) in [7, 11) is 0. The number of rotatable bonds is 3. The van der Waals surface area contributed by atoms with Crippen molar-refractivity contribution in [2.75, 3.05) is 11.1 Å². The highest BCUT2D eigenvalue weighted by Crippen LogP contribution is 2.24. The molecule has 0 spiro atoms. The maximum atomic E-state index is 13.5. The number of primary amides is 1. The zero-order valence-corrected chi connectivity index (χ0v) is 9.95. The fourth-order valence-electron chi connectivity index (χ4n) is 1.51. The summed E-state index contributed by atoms with van der Waals surface area (Å²) in [6, 6.07) is 2.93. The van der Waals surface area contributed by atoms with Crippen LogP contribution in [0.1, 0.15) is 10.4 Å². The van der Waals surface area contributed by atoms with E-state index in [1.807, 2.05) is 0 Å². The van der Waals surface area contributed by atoms with E-state index in [0.717, 1.165) is 18.3 Å². The average Bonchev–Trinajstić information content (AvgIpc) is 2.41. The molecule has 0 saturated carbocycles. The molecule has 1 heterocycles. The van der Waals surface area contributed by atoms with E-state index in [4.69, 9.17) is 11.5 Å². The van der Waals surface area contributed by atoms with Gasteiger partial charge in [-0.05, 0) is 18.2 Å². The number of nitrogens with two attached hydrogens (primary N) is 2. The zero-order valence-electron chi connectivity index (χ0n) is 9.95. The summed E-state index contributed by atoms with van der Waals surface area (Å²) in [5.74, 6) is -5.10. The summed E-state index contributed by atoms with van der Waals surface area (Å²) in [6.07, 6.45) is 1.14. The third kappa shape index (κ3) is 2.48. The van der Waals surface area contributed by atoms with E-state index in [-0.39, 0.29) is 22.8 Å². The van der Waals surface area contributed by atoms with Gasteiger partial charge in [0.25, 0.3) is 5.91 Å². The number of hydrogen-bond donors (Lipinski definition) is 3. The Morgan fingerprint density at radius 2 is 1.90 bits per heavy atom. The molecule has 0 radical (unpaired) electrons. The van der Waals surface area contributed by atoms with Gasteiger partial charge in [0, 0.05) is 0 Å². The lowest BCUT2D eigenvalue weighted by atomic mass is 10.2. The standard InChI is InChI=1S/C12H9F3N4O/c13-6-1-2-8(11(15)10(6)14)19-9-3-5(12(17)20)7(16)4-18-9/h1-4H,16H2,(H2,17,20)(H,18,19). The molecule has 0 unspecified atom stereocenters. The Balaban J connectivity index is 2.38. The van der Waals surface area contributed by atoms with Gasteiger partial charge in [-0.2, -0.15) is 0 Å². The van der Waals surface area contributed by atoms with Crippen LogP contribution in [-0.2, 0) is 0 Å². The van der Waals surface area contributed by atoms with Crippen LogP contribution in [0.4, 0.5) is 30.4 Å². The summed E-state index contributed by atoms with van der Waals surface area (Å²) in [4.78, 5) is 14.9. The average molecular weight is 282 g/mol. The highest BCUT2D eigenvalue weighted by molar-refractivity contribution is 5.98. The molecular weight excluding hydrogens is 273 g/mol. The largest absolute Gasteiger partial charge is 0.397 e. The van der Waals surface area contributed by atoms with Crippen molar-refractivity contribution in [2.24, 2.45) is 5.73 Å². The van der Waals surface area contributed by atoms with Crippen LogP contribution in [0.25, 0.3) is 0 Å². The molecule has 1 aromatic heterocycles. The molecule has 0 aliphatic rings. The van der Waals surface area contributed by atoms with E-state index in [1.165, 1.54) is 6.07 Å². The fourth-order valence-corrected chi connectivity index (χ4v) is 1.51. The van der Waals surface area contributed by atoms with Gasteiger partial charge in [0.2, 0.25) is 0 Å². The fraction of sp³-hybridized carbons (Fsp3) is 0. The lowest BCUT2D eigenvalue weighted by Gasteiger charge is -2.09. The van der Waals surface area contributed by atoms with Crippen molar-refractivity contribution in [3.8, 4) is 0 Å². The number of nitrogens with one attached hydrogen (secondary N) is 1. The first-order valence-corrected chi connectivity index (χ1v) is 5.36. The molecular formula is C12H9F3N4O. The van der Waals surface area contributed by atoms with Gasteiger partial charge in [-0.1, -0.05) is 0 Å². The molecule has 0 atom stereocenters. The first kappa shape index (κ1) is 13.7. The van der Waals surface area contributed by atoms with Crippen LogP contribution in [0.5, 0.6) is 0 Å². The highest BCUT2D eigenvalue weighted by Gasteiger charge is 2.14. The predicted octanol–water partition coefficient (Wildman–Crippen LogP) is 1.92. The van der Waals surface area contributed by atoms with E-state index < -0.39 is 23.4 Å². The normalized spacial score (nSPS) is 10.3. The number of pyridine rings is 1. The maximum Gasteiger partial charge on any atom is 0.250 e. The van der Waals surface area contributed by atoms with Gasteiger partial charge in [0.15, 0.2) is 17.5 Å². The quantitative estimate of drug-likeness (QED) is 0.750. The minimum absolute atomic E-state index is 0.0120. The maximum absolute atomic E-state index is 13.5. The monoisotopic (exact) mass is 282 g/mol. The van der Waals surface area contributed by atoms with Crippen molar-refractivity contribution in [1.82, 2.24) is 4.98 Å². The Kier molecular flexibility index (Phi) is 3.47. The second kappa shape index (κ2) is 5.08. The van der Waals surface area contributed by atoms with Gasteiger partial charge in [0.1, 0.15) is 5.82 Å². The number of nitrogens with zero attached hydrogens (tertiary/aromatic N) is 1. The smallest absolute Gasteiger partial charge is 0.250 e. The van der Waals surface area contributed by atoms with Gasteiger partial charge in [-0.3, -0.25) is 4.79 Å². The Bertz CT molecular complexity index is 691. The lowest BCUT2D eigenvalue weighted by molar-refractivity contribution is 0.100. The molecule has 2 rings (SSSR count). The summed E-state index contributed by atoms with van der Waals surface area (Å²) >= 11 is 0. The number of amides is 1. The van der Waals surface area contributed by atoms with E-state index in [9.17, 15) is 18.0 Å². The van der Waals surface area contributed by atoms with E-state index in [0.29, 0.717) is 0 Å². The lowest BCUT2D eigenvalue weighted by Crippen LogP contribution is -2.14. The highest BCUT2D eigenvalue weighted by atomic mass is 19.2. The van der Waals surface area contributed by atoms with Gasteiger partial charge >= 0.3 is 0 Å². The second-order valence-electron chi connectivity index (χ2n) is 3.87. The van der Waals surface area contributed by atoms with Crippen LogP contribution < -0.4 is 16.8 Å². The third-order valence-electron chi connectivity index (χ3n) is 2.50. The molecule has 1 aromatic carbocycles. The number of nitrogen functional groups attached to an aromatic ring is 1. The van der Waals surface area contributed by atoms with Gasteiger partial charge in [-0.25, -0.2) is 18.2 Å². The summed E-state index contributed by atoms with van der Waals surface area (Å²) in [5.41, 5.74) is 10.3. The number of hydrogen-bond acceptors (Lipinski definition) is 4. The van der Waals surface area contributed by atoms with Gasteiger partial charge in [-0.15, -0.1) is 0 Å². The van der Waals surface area contributed by atoms with Crippen LogP contribution >= 0.6 is 0 Å². The number of aromatic nitrogens is 1. The van der Waals surface area contributed by atoms with Crippen molar-refractivity contribution in [3.63, 3.8) is 0 Å².